The number of hydrogen-bond acceptors (Lipinski definition) is 0. The van der Waals surface area contributed by atoms with Gasteiger partial charge in [-0.1, -0.05) is 44.2 Å². The van der Waals surface area contributed by atoms with Gasteiger partial charge in [-0.05, 0) is 30.5 Å². The molecule has 0 saturated carbocycles. The Morgan fingerprint density at radius 1 is 1.00 bits per heavy atom. The van der Waals surface area contributed by atoms with Gasteiger partial charge in [-0.15, -0.1) is 0 Å². The van der Waals surface area contributed by atoms with Crippen LogP contribution in [0.15, 0.2) is 36.4 Å². The summed E-state index contributed by atoms with van der Waals surface area (Å²) >= 11 is 0. The minimum absolute atomic E-state index is 0.0269. The Kier molecular flexibility index (Phi) is 3.47. The predicted molar refractivity (Wildman–Crippen MR) is 88.7 cm³/mol. The van der Waals surface area contributed by atoms with Gasteiger partial charge in [-0.2, -0.15) is 13.2 Å². The van der Waals surface area contributed by atoms with Gasteiger partial charge in [0.1, 0.15) is 0 Å². The highest BCUT2D eigenvalue weighted by Gasteiger charge is 2.47. The molecule has 0 radical (unpaired) electrons. The first kappa shape index (κ1) is 15.9. The van der Waals surface area contributed by atoms with Crippen molar-refractivity contribution < 1.29 is 13.2 Å². The molecule has 23 heavy (non-hydrogen) atoms. The first-order valence-corrected chi connectivity index (χ1v) is 7.66. The lowest BCUT2D eigenvalue weighted by atomic mass is 9.83. The molecule has 0 aliphatic carbocycles. The van der Waals surface area contributed by atoms with Gasteiger partial charge in [0.25, 0.3) is 0 Å². The van der Waals surface area contributed by atoms with Crippen LogP contribution < -0.4 is 0 Å². The van der Waals surface area contributed by atoms with Crippen LogP contribution in [0.4, 0.5) is 13.2 Å². The lowest BCUT2D eigenvalue weighted by Crippen LogP contribution is -2.34. The molecular weight excluding hydrogens is 299 g/mol. The first-order chi connectivity index (χ1) is 10.6. The van der Waals surface area contributed by atoms with Crippen LogP contribution in [0.25, 0.3) is 21.8 Å². The largest absolute Gasteiger partial charge is 0.394 e. The lowest BCUT2D eigenvalue weighted by Gasteiger charge is -2.28. The number of alkyl halides is 3. The van der Waals surface area contributed by atoms with Crippen molar-refractivity contribution in [1.29, 1.82) is 0 Å². The Balaban J connectivity index is 2.30. The van der Waals surface area contributed by atoms with Gasteiger partial charge in [-0.25, -0.2) is 0 Å². The number of rotatable bonds is 2. The third-order valence-corrected chi connectivity index (χ3v) is 4.73. The molecular formula is C19H20F3N. The SMILES string of the molecule is Cc1cccc2c3c(CC(C)(C)C(F)(F)F)cccc3n(C)c12. The van der Waals surface area contributed by atoms with E-state index < -0.39 is 11.6 Å². The van der Waals surface area contributed by atoms with E-state index >= 15 is 0 Å². The molecule has 0 aliphatic rings. The molecule has 0 fully saturated rings. The molecule has 0 amide bonds. The lowest BCUT2D eigenvalue weighted by molar-refractivity contribution is -0.210. The van der Waals surface area contributed by atoms with Gasteiger partial charge in [0, 0.05) is 23.3 Å². The number of nitrogens with zero attached hydrogens (tertiary/aromatic N) is 1. The number of para-hydroxylation sites is 1. The van der Waals surface area contributed by atoms with E-state index in [4.69, 9.17) is 0 Å². The van der Waals surface area contributed by atoms with Gasteiger partial charge in [0.2, 0.25) is 0 Å². The van der Waals surface area contributed by atoms with Crippen LogP contribution >= 0.6 is 0 Å². The monoisotopic (exact) mass is 319 g/mol. The van der Waals surface area contributed by atoms with Crippen LogP contribution in [0.2, 0.25) is 0 Å². The van der Waals surface area contributed by atoms with Gasteiger partial charge >= 0.3 is 6.18 Å². The molecule has 4 heteroatoms. The molecule has 0 saturated heterocycles. The van der Waals surface area contributed by atoms with E-state index in [2.05, 4.69) is 4.57 Å². The standard InChI is InChI=1S/C19H20F3N/c1-12-7-5-9-14-16-13(11-18(2,3)19(20,21)22)8-6-10-15(16)23(4)17(12)14/h5-10H,11H2,1-4H3. The summed E-state index contributed by atoms with van der Waals surface area (Å²) in [6.45, 7) is 4.56. The van der Waals surface area contributed by atoms with Crippen LogP contribution in [-0.4, -0.2) is 10.7 Å². The smallest absolute Gasteiger partial charge is 0.343 e. The van der Waals surface area contributed by atoms with Crippen molar-refractivity contribution in [2.24, 2.45) is 12.5 Å². The maximum absolute atomic E-state index is 13.3. The topological polar surface area (TPSA) is 4.93 Å². The molecule has 0 N–H and O–H groups in total. The number of hydrogen-bond donors (Lipinski definition) is 0. The summed E-state index contributed by atoms with van der Waals surface area (Å²) in [6.07, 6.45) is -4.25. The molecule has 1 aromatic heterocycles. The van der Waals surface area contributed by atoms with E-state index in [-0.39, 0.29) is 6.42 Å². The van der Waals surface area contributed by atoms with Crippen molar-refractivity contribution in [3.05, 3.63) is 47.5 Å². The third kappa shape index (κ3) is 2.41. The normalized spacial score (nSPS) is 13.2. The minimum Gasteiger partial charge on any atom is -0.343 e. The molecule has 2 aromatic carbocycles. The second-order valence-electron chi connectivity index (χ2n) is 6.90. The Labute approximate surface area is 133 Å². The number of aromatic nitrogens is 1. The van der Waals surface area contributed by atoms with Crippen LogP contribution in [0.3, 0.4) is 0 Å². The van der Waals surface area contributed by atoms with E-state index in [1.807, 2.05) is 50.4 Å². The van der Waals surface area contributed by atoms with Crippen molar-refractivity contribution in [3.63, 3.8) is 0 Å². The maximum Gasteiger partial charge on any atom is 0.394 e. The summed E-state index contributed by atoms with van der Waals surface area (Å²) < 4.78 is 42.0. The second-order valence-corrected chi connectivity index (χ2v) is 6.90. The van der Waals surface area contributed by atoms with E-state index in [1.165, 1.54) is 13.8 Å². The van der Waals surface area contributed by atoms with E-state index in [9.17, 15) is 13.2 Å². The molecule has 1 nitrogen and oxygen atoms in total. The van der Waals surface area contributed by atoms with Gasteiger partial charge in [-0.3, -0.25) is 0 Å². The van der Waals surface area contributed by atoms with Crippen LogP contribution in [0.1, 0.15) is 25.0 Å². The number of aryl methyl sites for hydroxylation is 2. The summed E-state index contributed by atoms with van der Waals surface area (Å²) in [7, 11) is 1.97. The van der Waals surface area contributed by atoms with Crippen molar-refractivity contribution in [3.8, 4) is 0 Å². The van der Waals surface area contributed by atoms with Crippen LogP contribution in [-0.2, 0) is 13.5 Å². The average Bonchev–Trinajstić information content (AvgIpc) is 2.73. The first-order valence-electron chi connectivity index (χ1n) is 7.66. The van der Waals surface area contributed by atoms with E-state index in [0.717, 1.165) is 32.9 Å². The molecule has 122 valence electrons. The summed E-state index contributed by atoms with van der Waals surface area (Å²) in [4.78, 5) is 0. The van der Waals surface area contributed by atoms with Gasteiger partial charge in [0.05, 0.1) is 10.9 Å². The van der Waals surface area contributed by atoms with Gasteiger partial charge < -0.3 is 4.57 Å². The van der Waals surface area contributed by atoms with Crippen LogP contribution in [0.5, 0.6) is 0 Å². The molecule has 3 rings (SSSR count). The molecule has 0 unspecified atom stereocenters. The highest BCUT2D eigenvalue weighted by molar-refractivity contribution is 6.10. The zero-order chi connectivity index (χ0) is 17.0. The number of benzene rings is 2. The van der Waals surface area contributed by atoms with Crippen LogP contribution in [0, 0.1) is 12.3 Å². The Morgan fingerprint density at radius 3 is 2.30 bits per heavy atom. The fraction of sp³-hybridized carbons (Fsp3) is 0.368. The average molecular weight is 319 g/mol. The van der Waals surface area contributed by atoms with Crippen molar-refractivity contribution >= 4 is 21.8 Å². The van der Waals surface area contributed by atoms with E-state index in [0.29, 0.717) is 0 Å². The Morgan fingerprint density at radius 2 is 1.65 bits per heavy atom. The zero-order valence-electron chi connectivity index (χ0n) is 13.8. The summed E-state index contributed by atoms with van der Waals surface area (Å²) in [5, 5.41) is 1.96. The minimum atomic E-state index is -4.23. The Hall–Kier alpha value is -1.97. The molecule has 0 aliphatic heterocycles. The predicted octanol–water partition coefficient (Wildman–Crippen LogP) is 5.77. The van der Waals surface area contributed by atoms with Gasteiger partial charge in [0.15, 0.2) is 0 Å². The molecule has 0 spiro atoms. The fourth-order valence-electron chi connectivity index (χ4n) is 3.33. The summed E-state index contributed by atoms with van der Waals surface area (Å²) in [5.41, 5.74) is 2.18. The second kappa shape index (κ2) is 5.02. The van der Waals surface area contributed by atoms with E-state index in [1.54, 1.807) is 0 Å². The molecule has 3 aromatic rings. The fourth-order valence-corrected chi connectivity index (χ4v) is 3.33. The molecule has 1 heterocycles. The highest BCUT2D eigenvalue weighted by atomic mass is 19.4. The highest BCUT2D eigenvalue weighted by Crippen LogP contribution is 2.42. The summed E-state index contributed by atoms with van der Waals surface area (Å²) in [5.74, 6) is 0. The quantitative estimate of drug-likeness (QED) is 0.565. The van der Waals surface area contributed by atoms with Crippen molar-refractivity contribution in [2.45, 2.75) is 33.4 Å². The number of halogens is 3. The molecule has 0 atom stereocenters. The maximum atomic E-state index is 13.3. The third-order valence-electron chi connectivity index (χ3n) is 4.73. The van der Waals surface area contributed by atoms with Crippen molar-refractivity contribution in [2.75, 3.05) is 0 Å². The zero-order valence-corrected chi connectivity index (χ0v) is 13.8. The Bertz CT molecular complexity index is 885. The van der Waals surface area contributed by atoms with Crippen molar-refractivity contribution in [1.82, 2.24) is 4.57 Å². The number of fused-ring (bicyclic) bond motifs is 3. The molecule has 0 bridgehead atoms. The summed E-state index contributed by atoms with van der Waals surface area (Å²) in [6, 6.07) is 11.6.